The molecule has 1 atom stereocenters. The predicted octanol–water partition coefficient (Wildman–Crippen LogP) is 3.26. The molecule has 5 heteroatoms. The van der Waals surface area contributed by atoms with Crippen molar-refractivity contribution in [2.24, 2.45) is 0 Å². The molecule has 0 amide bonds. The quantitative estimate of drug-likeness (QED) is 0.887. The molecule has 2 rings (SSSR count). The maximum Gasteiger partial charge on any atom is 0.217 e. The summed E-state index contributed by atoms with van der Waals surface area (Å²) in [6, 6.07) is 7.68. The van der Waals surface area contributed by atoms with Gasteiger partial charge in [0, 0.05) is 17.8 Å². The number of hydrogen-bond acceptors (Lipinski definition) is 3. The van der Waals surface area contributed by atoms with Crippen LogP contribution in [0.1, 0.15) is 24.1 Å². The molecular weight excluding hydrogens is 274 g/mol. The second-order valence-electron chi connectivity index (χ2n) is 4.63. The monoisotopic (exact) mass is 292 g/mol. The first-order valence-electron chi connectivity index (χ1n) is 6.82. The highest BCUT2D eigenvalue weighted by Gasteiger charge is 2.19. The number of pyridine rings is 1. The first-order valence-corrected chi connectivity index (χ1v) is 6.82. The van der Waals surface area contributed by atoms with Gasteiger partial charge in [0.2, 0.25) is 5.88 Å². The third-order valence-corrected chi connectivity index (χ3v) is 3.28. The Labute approximate surface area is 123 Å². The van der Waals surface area contributed by atoms with Gasteiger partial charge in [0.15, 0.2) is 11.6 Å². The van der Waals surface area contributed by atoms with Crippen LogP contribution in [-0.2, 0) is 6.42 Å². The van der Waals surface area contributed by atoms with Crippen LogP contribution in [0.2, 0.25) is 0 Å². The fourth-order valence-electron chi connectivity index (χ4n) is 2.30. The Bertz CT molecular complexity index is 605. The summed E-state index contributed by atoms with van der Waals surface area (Å²) in [5.41, 5.74) is 1.15. The molecule has 2 aromatic rings. The number of nitrogens with one attached hydrogen (secondary N) is 1. The molecule has 0 spiro atoms. The number of aromatic nitrogens is 1. The van der Waals surface area contributed by atoms with Gasteiger partial charge >= 0.3 is 0 Å². The Morgan fingerprint density at radius 2 is 2.05 bits per heavy atom. The lowest BCUT2D eigenvalue weighted by Gasteiger charge is -2.20. The molecule has 112 valence electrons. The SMILES string of the molecule is CCNC(Cc1cccc(F)c1F)c1cccnc1OC. The number of likely N-dealkylation sites (N-methyl/N-ethyl adjacent to an activating group) is 1. The predicted molar refractivity (Wildman–Crippen MR) is 77.3 cm³/mol. The number of benzene rings is 1. The zero-order chi connectivity index (χ0) is 15.2. The number of methoxy groups -OCH3 is 1. The smallest absolute Gasteiger partial charge is 0.217 e. The van der Waals surface area contributed by atoms with E-state index < -0.39 is 11.6 Å². The fourth-order valence-corrected chi connectivity index (χ4v) is 2.30. The standard InChI is InChI=1S/C16H18F2N2O/c1-3-19-14(12-7-5-9-20-16(12)21-2)10-11-6-4-8-13(17)15(11)18/h4-9,14,19H,3,10H2,1-2H3. The van der Waals surface area contributed by atoms with E-state index in [2.05, 4.69) is 10.3 Å². The average molecular weight is 292 g/mol. The molecule has 1 N–H and O–H groups in total. The van der Waals surface area contributed by atoms with Crippen molar-refractivity contribution in [3.05, 3.63) is 59.3 Å². The zero-order valence-corrected chi connectivity index (χ0v) is 12.1. The number of rotatable bonds is 6. The largest absolute Gasteiger partial charge is 0.481 e. The summed E-state index contributed by atoms with van der Waals surface area (Å²) in [5.74, 6) is -1.15. The molecule has 0 saturated carbocycles. The molecule has 3 nitrogen and oxygen atoms in total. The Morgan fingerprint density at radius 3 is 2.76 bits per heavy atom. The number of nitrogens with zero attached hydrogens (tertiary/aromatic N) is 1. The minimum absolute atomic E-state index is 0.199. The molecular formula is C16H18F2N2O. The lowest BCUT2D eigenvalue weighted by Crippen LogP contribution is -2.24. The highest BCUT2D eigenvalue weighted by atomic mass is 19.2. The van der Waals surface area contributed by atoms with Crippen molar-refractivity contribution in [2.75, 3.05) is 13.7 Å². The van der Waals surface area contributed by atoms with E-state index in [1.165, 1.54) is 13.2 Å². The lowest BCUT2D eigenvalue weighted by atomic mass is 9.99. The van der Waals surface area contributed by atoms with Crippen molar-refractivity contribution in [3.8, 4) is 5.88 Å². The summed E-state index contributed by atoms with van der Waals surface area (Å²) >= 11 is 0. The van der Waals surface area contributed by atoms with Crippen LogP contribution in [0.25, 0.3) is 0 Å². The van der Waals surface area contributed by atoms with Crippen molar-refractivity contribution >= 4 is 0 Å². The zero-order valence-electron chi connectivity index (χ0n) is 12.1. The average Bonchev–Trinajstić information content (AvgIpc) is 2.51. The van der Waals surface area contributed by atoms with E-state index in [0.717, 1.165) is 11.6 Å². The maximum atomic E-state index is 13.9. The molecule has 1 heterocycles. The minimum atomic E-state index is -0.832. The highest BCUT2D eigenvalue weighted by molar-refractivity contribution is 5.31. The normalized spacial score (nSPS) is 12.2. The van der Waals surface area contributed by atoms with Crippen LogP contribution in [0.3, 0.4) is 0 Å². The van der Waals surface area contributed by atoms with Crippen molar-refractivity contribution < 1.29 is 13.5 Å². The van der Waals surface area contributed by atoms with Crippen LogP contribution < -0.4 is 10.1 Å². The van der Waals surface area contributed by atoms with Crippen LogP contribution in [-0.4, -0.2) is 18.6 Å². The van der Waals surface area contributed by atoms with Gasteiger partial charge in [-0.15, -0.1) is 0 Å². The molecule has 0 fully saturated rings. The molecule has 1 aromatic heterocycles. The van der Waals surface area contributed by atoms with Crippen molar-refractivity contribution in [1.82, 2.24) is 10.3 Å². The summed E-state index contributed by atoms with van der Waals surface area (Å²) in [4.78, 5) is 4.15. The van der Waals surface area contributed by atoms with Gasteiger partial charge in [-0.1, -0.05) is 25.1 Å². The van der Waals surface area contributed by atoms with Crippen LogP contribution >= 0.6 is 0 Å². The Morgan fingerprint density at radius 1 is 1.24 bits per heavy atom. The van der Waals surface area contributed by atoms with Gasteiger partial charge in [-0.05, 0) is 30.7 Å². The van der Waals surface area contributed by atoms with E-state index >= 15 is 0 Å². The molecule has 0 aliphatic heterocycles. The molecule has 1 aromatic carbocycles. The molecule has 0 saturated heterocycles. The Kier molecular flexibility index (Phi) is 5.22. The fraction of sp³-hybridized carbons (Fsp3) is 0.312. The second-order valence-corrected chi connectivity index (χ2v) is 4.63. The molecule has 21 heavy (non-hydrogen) atoms. The third kappa shape index (κ3) is 3.55. The first kappa shape index (κ1) is 15.4. The minimum Gasteiger partial charge on any atom is -0.481 e. The second kappa shape index (κ2) is 7.13. The van der Waals surface area contributed by atoms with Gasteiger partial charge in [0.1, 0.15) is 0 Å². The van der Waals surface area contributed by atoms with Gasteiger partial charge in [-0.3, -0.25) is 0 Å². The van der Waals surface area contributed by atoms with Crippen molar-refractivity contribution in [1.29, 1.82) is 0 Å². The summed E-state index contributed by atoms with van der Waals surface area (Å²) in [5, 5.41) is 3.26. The van der Waals surface area contributed by atoms with Crippen molar-refractivity contribution in [2.45, 2.75) is 19.4 Å². The lowest BCUT2D eigenvalue weighted by molar-refractivity contribution is 0.381. The van der Waals surface area contributed by atoms with Gasteiger partial charge in [0.05, 0.1) is 7.11 Å². The van der Waals surface area contributed by atoms with E-state index in [9.17, 15) is 8.78 Å². The van der Waals surface area contributed by atoms with Crippen LogP contribution in [0, 0.1) is 11.6 Å². The number of halogens is 2. The number of hydrogen-bond donors (Lipinski definition) is 1. The van der Waals surface area contributed by atoms with Gasteiger partial charge in [-0.25, -0.2) is 13.8 Å². The van der Waals surface area contributed by atoms with E-state index in [1.54, 1.807) is 18.3 Å². The summed E-state index contributed by atoms with van der Waals surface area (Å²) < 4.78 is 32.4. The summed E-state index contributed by atoms with van der Waals surface area (Å²) in [6.45, 7) is 2.65. The molecule has 1 unspecified atom stereocenters. The van der Waals surface area contributed by atoms with E-state index in [0.29, 0.717) is 24.4 Å². The van der Waals surface area contributed by atoms with Gasteiger partial charge in [-0.2, -0.15) is 0 Å². The molecule has 0 aliphatic carbocycles. The van der Waals surface area contributed by atoms with Crippen LogP contribution in [0.15, 0.2) is 36.5 Å². The van der Waals surface area contributed by atoms with E-state index in [4.69, 9.17) is 4.74 Å². The number of ether oxygens (including phenoxy) is 1. The summed E-state index contributed by atoms with van der Waals surface area (Å²) in [7, 11) is 1.54. The molecule has 0 radical (unpaired) electrons. The van der Waals surface area contributed by atoms with Gasteiger partial charge < -0.3 is 10.1 Å². The van der Waals surface area contributed by atoms with Crippen LogP contribution in [0.5, 0.6) is 5.88 Å². The van der Waals surface area contributed by atoms with E-state index in [1.807, 2.05) is 13.0 Å². The first-order chi connectivity index (χ1) is 10.2. The van der Waals surface area contributed by atoms with Gasteiger partial charge in [0.25, 0.3) is 0 Å². The molecule has 0 aliphatic rings. The molecule has 0 bridgehead atoms. The Hall–Kier alpha value is -2.01. The highest BCUT2D eigenvalue weighted by Crippen LogP contribution is 2.26. The maximum absolute atomic E-state index is 13.9. The Balaban J connectivity index is 2.33. The topological polar surface area (TPSA) is 34.2 Å². The summed E-state index contributed by atoms with van der Waals surface area (Å²) in [6.07, 6.45) is 1.95. The third-order valence-electron chi connectivity index (χ3n) is 3.28. The van der Waals surface area contributed by atoms with Crippen LogP contribution in [0.4, 0.5) is 8.78 Å². The van der Waals surface area contributed by atoms with Crippen molar-refractivity contribution in [3.63, 3.8) is 0 Å². The van der Waals surface area contributed by atoms with E-state index in [-0.39, 0.29) is 6.04 Å².